The van der Waals surface area contributed by atoms with Crippen molar-refractivity contribution in [3.8, 4) is 5.75 Å². The summed E-state index contributed by atoms with van der Waals surface area (Å²) < 4.78 is 5.22. The summed E-state index contributed by atoms with van der Waals surface area (Å²) in [6.45, 7) is 5.46. The summed E-state index contributed by atoms with van der Waals surface area (Å²) in [5, 5.41) is 5.67. The van der Waals surface area contributed by atoms with E-state index in [-0.39, 0.29) is 5.91 Å². The summed E-state index contributed by atoms with van der Waals surface area (Å²) in [5.41, 5.74) is 2.14. The van der Waals surface area contributed by atoms with Crippen LogP contribution in [0.4, 0.5) is 5.13 Å². The number of anilines is 1. The molecule has 2 heterocycles. The van der Waals surface area contributed by atoms with E-state index in [1.807, 2.05) is 24.3 Å². The number of thiazole rings is 1. The first-order valence-corrected chi connectivity index (χ1v) is 10.1. The van der Waals surface area contributed by atoms with Crippen molar-refractivity contribution in [3.63, 3.8) is 0 Å². The molecule has 1 atom stereocenters. The molecule has 1 aromatic carbocycles. The van der Waals surface area contributed by atoms with Crippen LogP contribution < -0.4 is 10.1 Å². The van der Waals surface area contributed by atoms with E-state index >= 15 is 0 Å². The van der Waals surface area contributed by atoms with Gasteiger partial charge in [-0.05, 0) is 49.4 Å². The van der Waals surface area contributed by atoms with Crippen LogP contribution >= 0.6 is 11.3 Å². The molecule has 1 amide bonds. The Morgan fingerprint density at radius 2 is 2.35 bits per heavy atom. The molecule has 1 aliphatic rings. The largest absolute Gasteiger partial charge is 0.497 e. The van der Waals surface area contributed by atoms with Crippen molar-refractivity contribution in [3.05, 3.63) is 40.9 Å². The number of piperidine rings is 1. The number of carbonyl (C=O) groups is 1. The number of nitrogens with zero attached hydrogens (tertiary/aromatic N) is 2. The van der Waals surface area contributed by atoms with Crippen molar-refractivity contribution in [2.45, 2.75) is 39.2 Å². The predicted molar refractivity (Wildman–Crippen MR) is 106 cm³/mol. The van der Waals surface area contributed by atoms with Gasteiger partial charge in [-0.2, -0.15) is 0 Å². The molecule has 0 bridgehead atoms. The lowest BCUT2D eigenvalue weighted by molar-refractivity contribution is -0.116. The average Bonchev–Trinajstić information content (AvgIpc) is 3.07. The zero-order valence-electron chi connectivity index (χ0n) is 15.5. The molecule has 2 aromatic rings. The average molecular weight is 374 g/mol. The first-order valence-electron chi connectivity index (χ1n) is 9.22. The van der Waals surface area contributed by atoms with Crippen LogP contribution in [-0.4, -0.2) is 36.0 Å². The topological polar surface area (TPSA) is 54.5 Å². The number of aryl methyl sites for hydroxylation is 1. The highest BCUT2D eigenvalue weighted by atomic mass is 32.1. The molecule has 5 nitrogen and oxygen atoms in total. The molecule has 140 valence electrons. The molecule has 1 saturated heterocycles. The van der Waals surface area contributed by atoms with Gasteiger partial charge in [-0.25, -0.2) is 4.98 Å². The number of hydrogen-bond acceptors (Lipinski definition) is 5. The van der Waals surface area contributed by atoms with E-state index in [1.165, 1.54) is 24.2 Å². The molecule has 1 aliphatic heterocycles. The maximum Gasteiger partial charge on any atom is 0.226 e. The molecule has 0 saturated carbocycles. The highest BCUT2D eigenvalue weighted by Gasteiger charge is 2.17. The molecular weight excluding hydrogens is 346 g/mol. The van der Waals surface area contributed by atoms with E-state index in [0.29, 0.717) is 18.0 Å². The summed E-state index contributed by atoms with van der Waals surface area (Å²) in [5.74, 6) is 1.58. The minimum absolute atomic E-state index is 0.000291. The second-order valence-corrected chi connectivity index (χ2v) is 7.88. The standard InChI is InChI=1S/C20H27N3O2S/c1-15-5-4-10-23(12-15)13-17-14-26-20(21-17)22-19(24)9-8-16-6-3-7-18(11-16)25-2/h3,6-7,11,14-15H,4-5,8-10,12-13H2,1-2H3,(H,21,22,24). The fraction of sp³-hybridized carbons (Fsp3) is 0.500. The van der Waals surface area contributed by atoms with Crippen LogP contribution in [0.15, 0.2) is 29.6 Å². The van der Waals surface area contributed by atoms with Gasteiger partial charge in [-0.15, -0.1) is 11.3 Å². The van der Waals surface area contributed by atoms with Gasteiger partial charge < -0.3 is 10.1 Å². The predicted octanol–water partition coefficient (Wildman–Crippen LogP) is 3.95. The number of nitrogens with one attached hydrogen (secondary N) is 1. The van der Waals surface area contributed by atoms with Gasteiger partial charge in [-0.1, -0.05) is 19.1 Å². The van der Waals surface area contributed by atoms with Gasteiger partial charge in [0.1, 0.15) is 5.75 Å². The van der Waals surface area contributed by atoms with E-state index in [1.54, 1.807) is 7.11 Å². The number of amides is 1. The van der Waals surface area contributed by atoms with Gasteiger partial charge >= 0.3 is 0 Å². The van der Waals surface area contributed by atoms with E-state index in [9.17, 15) is 4.79 Å². The Morgan fingerprint density at radius 3 is 3.15 bits per heavy atom. The number of hydrogen-bond donors (Lipinski definition) is 1. The third kappa shape index (κ3) is 5.54. The van der Waals surface area contributed by atoms with E-state index in [4.69, 9.17) is 4.74 Å². The van der Waals surface area contributed by atoms with Crippen molar-refractivity contribution in [2.75, 3.05) is 25.5 Å². The monoisotopic (exact) mass is 373 g/mol. The summed E-state index contributed by atoms with van der Waals surface area (Å²) in [7, 11) is 1.65. The van der Waals surface area contributed by atoms with Gasteiger partial charge in [0.2, 0.25) is 5.91 Å². The Morgan fingerprint density at radius 1 is 1.46 bits per heavy atom. The third-order valence-electron chi connectivity index (χ3n) is 4.70. The Balaban J connectivity index is 1.46. The highest BCUT2D eigenvalue weighted by molar-refractivity contribution is 7.13. The van der Waals surface area contributed by atoms with E-state index in [0.717, 1.165) is 42.6 Å². The van der Waals surface area contributed by atoms with Gasteiger partial charge in [0.05, 0.1) is 12.8 Å². The molecule has 1 aromatic heterocycles. The van der Waals surface area contributed by atoms with Gasteiger partial charge in [0, 0.05) is 24.9 Å². The quantitative estimate of drug-likeness (QED) is 0.798. The molecule has 1 N–H and O–H groups in total. The number of methoxy groups -OCH3 is 1. The number of carbonyl (C=O) groups excluding carboxylic acids is 1. The van der Waals surface area contributed by atoms with Crippen LogP contribution in [0.5, 0.6) is 5.75 Å². The molecule has 0 aliphatic carbocycles. The second-order valence-electron chi connectivity index (χ2n) is 7.03. The Bertz CT molecular complexity index is 731. The number of aromatic nitrogens is 1. The van der Waals surface area contributed by atoms with Crippen LogP contribution in [0.3, 0.4) is 0 Å². The maximum atomic E-state index is 12.2. The first-order chi connectivity index (χ1) is 12.6. The number of likely N-dealkylation sites (tertiary alicyclic amines) is 1. The summed E-state index contributed by atoms with van der Waals surface area (Å²) in [6, 6.07) is 7.83. The highest BCUT2D eigenvalue weighted by Crippen LogP contribution is 2.21. The number of ether oxygens (including phenoxy) is 1. The Labute approximate surface area is 159 Å². The third-order valence-corrected chi connectivity index (χ3v) is 5.51. The Kier molecular flexibility index (Phi) is 6.63. The van der Waals surface area contributed by atoms with E-state index < -0.39 is 0 Å². The van der Waals surface area contributed by atoms with Crippen molar-refractivity contribution < 1.29 is 9.53 Å². The zero-order chi connectivity index (χ0) is 18.4. The molecule has 0 radical (unpaired) electrons. The van der Waals surface area contributed by atoms with Crippen molar-refractivity contribution in [2.24, 2.45) is 5.92 Å². The second kappa shape index (κ2) is 9.14. The smallest absolute Gasteiger partial charge is 0.226 e. The van der Waals surface area contributed by atoms with Crippen LogP contribution in [0.25, 0.3) is 0 Å². The maximum absolute atomic E-state index is 12.2. The zero-order valence-corrected chi connectivity index (χ0v) is 16.3. The summed E-state index contributed by atoms with van der Waals surface area (Å²) in [4.78, 5) is 19.2. The van der Waals surface area contributed by atoms with Crippen molar-refractivity contribution >= 4 is 22.4 Å². The van der Waals surface area contributed by atoms with Crippen LogP contribution in [0, 0.1) is 5.92 Å². The fourth-order valence-corrected chi connectivity index (χ4v) is 4.08. The van der Waals surface area contributed by atoms with Crippen LogP contribution in [0.2, 0.25) is 0 Å². The fourth-order valence-electron chi connectivity index (χ4n) is 3.36. The van der Waals surface area contributed by atoms with E-state index in [2.05, 4.69) is 27.5 Å². The minimum atomic E-state index is 0.000291. The van der Waals surface area contributed by atoms with Crippen molar-refractivity contribution in [1.29, 1.82) is 0 Å². The van der Waals surface area contributed by atoms with Gasteiger partial charge in [0.15, 0.2) is 5.13 Å². The lowest BCUT2D eigenvalue weighted by atomic mass is 10.0. The lowest BCUT2D eigenvalue weighted by Gasteiger charge is -2.30. The van der Waals surface area contributed by atoms with Crippen molar-refractivity contribution in [1.82, 2.24) is 9.88 Å². The normalized spacial score (nSPS) is 17.8. The molecule has 3 rings (SSSR count). The SMILES string of the molecule is COc1cccc(CCC(=O)Nc2nc(CN3CCCC(C)C3)cs2)c1. The lowest BCUT2D eigenvalue weighted by Crippen LogP contribution is -2.33. The molecule has 6 heteroatoms. The van der Waals surface area contributed by atoms with Gasteiger partial charge in [0.25, 0.3) is 0 Å². The molecular formula is C20H27N3O2S. The molecule has 1 unspecified atom stereocenters. The molecule has 26 heavy (non-hydrogen) atoms. The van der Waals surface area contributed by atoms with Gasteiger partial charge in [-0.3, -0.25) is 9.69 Å². The van der Waals surface area contributed by atoms with Crippen LogP contribution in [0.1, 0.15) is 37.4 Å². The summed E-state index contributed by atoms with van der Waals surface area (Å²) in [6.07, 6.45) is 3.71. The minimum Gasteiger partial charge on any atom is -0.497 e. The summed E-state index contributed by atoms with van der Waals surface area (Å²) >= 11 is 1.51. The number of benzene rings is 1. The Hall–Kier alpha value is -1.92. The van der Waals surface area contributed by atoms with Crippen LogP contribution in [-0.2, 0) is 17.8 Å². The molecule has 0 spiro atoms. The molecule has 1 fully saturated rings. The number of rotatable bonds is 7. The first kappa shape index (κ1) is 18.9.